The Morgan fingerprint density at radius 2 is 1.62 bits per heavy atom. The van der Waals surface area contributed by atoms with E-state index in [-0.39, 0.29) is 12.0 Å². The van der Waals surface area contributed by atoms with Crippen LogP contribution in [0.2, 0.25) is 0 Å². The Balaban J connectivity index is 1.40. The van der Waals surface area contributed by atoms with Gasteiger partial charge in [0.1, 0.15) is 24.2 Å². The molecular weight excluding hydrogens is 460 g/mol. The highest BCUT2D eigenvalue weighted by Gasteiger charge is 2.24. The van der Waals surface area contributed by atoms with Gasteiger partial charge >= 0.3 is 0 Å². The van der Waals surface area contributed by atoms with Crippen LogP contribution in [0.4, 0.5) is 0 Å². The second kappa shape index (κ2) is 12.7. The van der Waals surface area contributed by atoms with Crippen molar-refractivity contribution in [2.75, 3.05) is 20.3 Å². The second-order valence-corrected chi connectivity index (χ2v) is 11.4. The number of rotatable bonds is 11. The van der Waals surface area contributed by atoms with Crippen molar-refractivity contribution >= 4 is 0 Å². The van der Waals surface area contributed by atoms with Crippen LogP contribution in [0, 0.1) is 0 Å². The van der Waals surface area contributed by atoms with E-state index in [9.17, 15) is 5.11 Å². The zero-order valence-electron chi connectivity index (χ0n) is 23.0. The maximum atomic E-state index is 10.9. The van der Waals surface area contributed by atoms with Crippen LogP contribution in [0.1, 0.15) is 69.7 Å². The molecule has 0 bridgehead atoms. The lowest BCUT2D eigenvalue weighted by atomic mass is 9.87. The number of ether oxygens (including phenoxy) is 2. The van der Waals surface area contributed by atoms with Crippen LogP contribution in [0.3, 0.4) is 0 Å². The van der Waals surface area contributed by atoms with Crippen LogP contribution in [0.15, 0.2) is 66.9 Å². The Hall–Kier alpha value is -2.76. The number of aromatic nitrogens is 1. The second-order valence-electron chi connectivity index (χ2n) is 11.4. The average molecular weight is 505 g/mol. The highest BCUT2D eigenvalue weighted by atomic mass is 16.5. The molecule has 1 atom stereocenters. The molecule has 0 saturated heterocycles. The molecule has 1 aliphatic carbocycles. The molecule has 1 fully saturated rings. The molecule has 0 amide bonds. The van der Waals surface area contributed by atoms with Gasteiger partial charge in [0.25, 0.3) is 0 Å². The number of aliphatic hydroxyl groups excluding tert-OH is 1. The van der Waals surface area contributed by atoms with Crippen molar-refractivity contribution in [3.8, 4) is 11.5 Å². The highest BCUT2D eigenvalue weighted by molar-refractivity contribution is 5.31. The molecule has 4 rings (SSSR count). The molecule has 0 unspecified atom stereocenters. The Morgan fingerprint density at radius 1 is 0.946 bits per heavy atom. The van der Waals surface area contributed by atoms with Crippen LogP contribution in [0.5, 0.6) is 11.5 Å². The first-order valence-electron chi connectivity index (χ1n) is 13.7. The van der Waals surface area contributed by atoms with E-state index >= 15 is 0 Å². The number of methoxy groups -OCH3 is 1. The van der Waals surface area contributed by atoms with Crippen molar-refractivity contribution in [2.24, 2.45) is 0 Å². The molecular formula is C32H44N2O3. The molecule has 0 spiro atoms. The summed E-state index contributed by atoms with van der Waals surface area (Å²) in [6.07, 6.45) is 7.85. The monoisotopic (exact) mass is 504 g/mol. The number of benzene rings is 2. The SMILES string of the molecule is COc1ccc(OC[C@@H](O)CN(Cc2cccn2Cc2ccc(C(C)(C)C)cc2)C2CCCCC2)cc1. The molecule has 3 aromatic rings. The van der Waals surface area contributed by atoms with E-state index in [1.807, 2.05) is 24.3 Å². The standard InChI is InChI=1S/C32H44N2O3/c1-32(2,3)26-14-12-25(13-15-26)21-33-20-8-11-28(33)22-34(27-9-6-5-7-10-27)23-29(35)24-37-31-18-16-30(36-4)17-19-31/h8,11-20,27,29,35H,5-7,9-10,21-24H2,1-4H3/t29-/m0/s1. The maximum absolute atomic E-state index is 10.9. The third-order valence-electron chi connectivity index (χ3n) is 7.50. The molecule has 0 aliphatic heterocycles. The van der Waals surface area contributed by atoms with Gasteiger partial charge in [0.2, 0.25) is 0 Å². The summed E-state index contributed by atoms with van der Waals surface area (Å²) >= 11 is 0. The summed E-state index contributed by atoms with van der Waals surface area (Å²) in [4.78, 5) is 2.48. The average Bonchev–Trinajstić information content (AvgIpc) is 3.34. The zero-order valence-corrected chi connectivity index (χ0v) is 23.0. The van der Waals surface area contributed by atoms with Crippen LogP contribution >= 0.6 is 0 Å². The van der Waals surface area contributed by atoms with E-state index in [0.29, 0.717) is 12.6 Å². The lowest BCUT2D eigenvalue weighted by Crippen LogP contribution is -2.43. The molecule has 1 heterocycles. The van der Waals surface area contributed by atoms with E-state index < -0.39 is 6.10 Å². The minimum atomic E-state index is -0.558. The fraction of sp³-hybridized carbons (Fsp3) is 0.500. The number of aliphatic hydroxyl groups is 1. The fourth-order valence-corrected chi connectivity index (χ4v) is 5.24. The summed E-state index contributed by atoms with van der Waals surface area (Å²) in [5.74, 6) is 1.54. The van der Waals surface area contributed by atoms with E-state index in [1.165, 1.54) is 48.9 Å². The zero-order chi connectivity index (χ0) is 26.3. The fourth-order valence-electron chi connectivity index (χ4n) is 5.24. The van der Waals surface area contributed by atoms with Gasteiger partial charge in [-0.3, -0.25) is 4.90 Å². The van der Waals surface area contributed by atoms with Gasteiger partial charge in [0, 0.05) is 37.6 Å². The summed E-state index contributed by atoms with van der Waals surface area (Å²) in [7, 11) is 1.65. The van der Waals surface area contributed by atoms with Gasteiger partial charge in [0.15, 0.2) is 0 Å². The smallest absolute Gasteiger partial charge is 0.119 e. The molecule has 5 nitrogen and oxygen atoms in total. The largest absolute Gasteiger partial charge is 0.497 e. The van der Waals surface area contributed by atoms with Crippen molar-refractivity contribution < 1.29 is 14.6 Å². The number of hydrogen-bond acceptors (Lipinski definition) is 4. The van der Waals surface area contributed by atoms with Gasteiger partial charge < -0.3 is 19.1 Å². The van der Waals surface area contributed by atoms with Crippen LogP contribution in [-0.2, 0) is 18.5 Å². The van der Waals surface area contributed by atoms with Crippen molar-refractivity contribution in [1.82, 2.24) is 9.47 Å². The van der Waals surface area contributed by atoms with Crippen molar-refractivity contribution in [3.63, 3.8) is 0 Å². The molecule has 37 heavy (non-hydrogen) atoms. The normalized spacial score (nSPS) is 15.6. The first-order chi connectivity index (χ1) is 17.8. The van der Waals surface area contributed by atoms with E-state index in [2.05, 4.69) is 72.8 Å². The number of hydrogen-bond donors (Lipinski definition) is 1. The summed E-state index contributed by atoms with van der Waals surface area (Å²) < 4.78 is 13.5. The van der Waals surface area contributed by atoms with Crippen molar-refractivity contribution in [2.45, 2.75) is 83.5 Å². The Bertz CT molecular complexity index is 1080. The quantitative estimate of drug-likeness (QED) is 0.327. The summed E-state index contributed by atoms with van der Waals surface area (Å²) in [6, 6.07) is 21.4. The molecule has 1 saturated carbocycles. The van der Waals surface area contributed by atoms with Crippen LogP contribution < -0.4 is 9.47 Å². The Labute approximate surface area is 223 Å². The first kappa shape index (κ1) is 27.3. The maximum Gasteiger partial charge on any atom is 0.119 e. The van der Waals surface area contributed by atoms with Crippen molar-refractivity contribution in [1.29, 1.82) is 0 Å². The topological polar surface area (TPSA) is 46.9 Å². The van der Waals surface area contributed by atoms with Gasteiger partial charge in [0.05, 0.1) is 7.11 Å². The van der Waals surface area contributed by atoms with Crippen LogP contribution in [0.25, 0.3) is 0 Å². The van der Waals surface area contributed by atoms with Crippen molar-refractivity contribution in [3.05, 3.63) is 83.7 Å². The van der Waals surface area contributed by atoms with Gasteiger partial charge in [-0.15, -0.1) is 0 Å². The Kier molecular flexibility index (Phi) is 9.33. The van der Waals surface area contributed by atoms with Gasteiger partial charge in [-0.2, -0.15) is 0 Å². The third kappa shape index (κ3) is 7.86. The number of nitrogens with zero attached hydrogens (tertiary/aromatic N) is 2. The van der Waals surface area contributed by atoms with Gasteiger partial charge in [-0.05, 0) is 65.8 Å². The summed E-state index contributed by atoms with van der Waals surface area (Å²) in [5, 5.41) is 10.9. The molecule has 2 aromatic carbocycles. The van der Waals surface area contributed by atoms with Gasteiger partial charge in [-0.1, -0.05) is 64.3 Å². The molecule has 200 valence electrons. The molecule has 1 aliphatic rings. The minimum absolute atomic E-state index is 0.162. The molecule has 5 heteroatoms. The Morgan fingerprint density at radius 3 is 2.27 bits per heavy atom. The van der Waals surface area contributed by atoms with Crippen LogP contribution in [-0.4, -0.2) is 47.0 Å². The highest BCUT2D eigenvalue weighted by Crippen LogP contribution is 2.26. The third-order valence-corrected chi connectivity index (χ3v) is 7.50. The van der Waals surface area contributed by atoms with E-state index in [4.69, 9.17) is 9.47 Å². The minimum Gasteiger partial charge on any atom is -0.497 e. The predicted octanol–water partition coefficient (Wildman–Crippen LogP) is 6.42. The van der Waals surface area contributed by atoms with E-state index in [1.54, 1.807) is 7.11 Å². The molecule has 0 radical (unpaired) electrons. The first-order valence-corrected chi connectivity index (χ1v) is 13.7. The molecule has 1 N–H and O–H groups in total. The van der Waals surface area contributed by atoms with E-state index in [0.717, 1.165) is 24.6 Å². The van der Waals surface area contributed by atoms with Gasteiger partial charge in [-0.25, -0.2) is 0 Å². The molecule has 1 aromatic heterocycles. The lowest BCUT2D eigenvalue weighted by Gasteiger charge is -2.35. The summed E-state index contributed by atoms with van der Waals surface area (Å²) in [6.45, 7) is 9.32. The predicted molar refractivity (Wildman–Crippen MR) is 150 cm³/mol. The summed E-state index contributed by atoms with van der Waals surface area (Å²) in [5.41, 5.74) is 4.12. The lowest BCUT2D eigenvalue weighted by molar-refractivity contribution is 0.0388.